The molecule has 4 rings (SSSR count). The molecule has 8 heteroatoms. The molecule has 1 aromatic heterocycles. The van der Waals surface area contributed by atoms with Crippen LogP contribution in [0.1, 0.15) is 34.8 Å². The first-order chi connectivity index (χ1) is 14.5. The average molecular weight is 410 g/mol. The minimum Gasteiger partial charge on any atom is -0.489 e. The molecule has 1 unspecified atom stereocenters. The highest BCUT2D eigenvalue weighted by Crippen LogP contribution is 2.27. The van der Waals surface area contributed by atoms with Crippen molar-refractivity contribution in [2.45, 2.75) is 32.8 Å². The Morgan fingerprint density at radius 1 is 1.27 bits per heavy atom. The molecule has 2 aromatic carbocycles. The lowest BCUT2D eigenvalue weighted by atomic mass is 10.2. The van der Waals surface area contributed by atoms with Gasteiger partial charge in [0, 0.05) is 6.61 Å². The number of carbonyl (C=O) groups excluding carboxylic acids is 1. The second-order valence-corrected chi connectivity index (χ2v) is 7.27. The van der Waals surface area contributed by atoms with Crippen molar-refractivity contribution in [2.24, 2.45) is 0 Å². The highest BCUT2D eigenvalue weighted by atomic mass is 19.1. The van der Waals surface area contributed by atoms with Gasteiger partial charge < -0.3 is 14.8 Å². The topological polar surface area (TPSA) is 78.3 Å². The number of hydrogen-bond acceptors (Lipinski definition) is 5. The van der Waals surface area contributed by atoms with Crippen molar-refractivity contribution in [3.05, 3.63) is 65.5 Å². The number of halogens is 1. The standard InChI is InChI=1S/C22H23FN4O3/c1-14-5-10-19(20(12-14)30-13-18-4-3-11-29-18)25-22(28)21-24-15(2)27(26-21)17-8-6-16(23)7-9-17/h5-10,12,18H,3-4,11,13H2,1-2H3,(H,25,28). The lowest BCUT2D eigenvalue weighted by molar-refractivity contribution is 0.0681. The Bertz CT molecular complexity index is 1040. The van der Waals surface area contributed by atoms with Crippen molar-refractivity contribution in [2.75, 3.05) is 18.5 Å². The summed E-state index contributed by atoms with van der Waals surface area (Å²) >= 11 is 0. The molecule has 1 saturated heterocycles. The molecule has 1 N–H and O–H groups in total. The summed E-state index contributed by atoms with van der Waals surface area (Å²) in [5.74, 6) is 0.315. The monoisotopic (exact) mass is 410 g/mol. The quantitative estimate of drug-likeness (QED) is 0.668. The number of anilines is 1. The predicted molar refractivity (Wildman–Crippen MR) is 110 cm³/mol. The molecule has 2 heterocycles. The van der Waals surface area contributed by atoms with Crippen LogP contribution in [-0.4, -0.2) is 40.0 Å². The van der Waals surface area contributed by atoms with Gasteiger partial charge in [0.1, 0.15) is 24.0 Å². The molecule has 7 nitrogen and oxygen atoms in total. The third kappa shape index (κ3) is 4.49. The number of aromatic nitrogens is 3. The predicted octanol–water partition coefficient (Wildman–Crippen LogP) is 3.83. The van der Waals surface area contributed by atoms with Gasteiger partial charge in [-0.25, -0.2) is 14.1 Å². The van der Waals surface area contributed by atoms with Crippen LogP contribution in [0.25, 0.3) is 5.69 Å². The molecule has 1 aliphatic heterocycles. The first kappa shape index (κ1) is 20.0. The summed E-state index contributed by atoms with van der Waals surface area (Å²) in [5, 5.41) is 7.10. The Morgan fingerprint density at radius 2 is 2.07 bits per heavy atom. The number of carbonyl (C=O) groups is 1. The molecule has 3 aromatic rings. The Kier molecular flexibility index (Phi) is 5.76. The largest absolute Gasteiger partial charge is 0.489 e. The van der Waals surface area contributed by atoms with Gasteiger partial charge in [-0.15, -0.1) is 5.10 Å². The van der Waals surface area contributed by atoms with Crippen LogP contribution in [0.3, 0.4) is 0 Å². The molecule has 0 spiro atoms. The van der Waals surface area contributed by atoms with E-state index in [4.69, 9.17) is 9.47 Å². The molecule has 30 heavy (non-hydrogen) atoms. The second-order valence-electron chi connectivity index (χ2n) is 7.27. The SMILES string of the molecule is Cc1ccc(NC(=O)c2nc(C)n(-c3ccc(F)cc3)n2)c(OCC2CCCO2)c1. The summed E-state index contributed by atoms with van der Waals surface area (Å²) in [6.45, 7) is 4.88. The highest BCUT2D eigenvalue weighted by molar-refractivity contribution is 6.02. The number of amides is 1. The summed E-state index contributed by atoms with van der Waals surface area (Å²) in [6, 6.07) is 11.4. The number of aryl methyl sites for hydroxylation is 2. The van der Waals surface area contributed by atoms with Crippen molar-refractivity contribution in [3.63, 3.8) is 0 Å². The first-order valence-corrected chi connectivity index (χ1v) is 9.85. The lowest BCUT2D eigenvalue weighted by Gasteiger charge is -2.15. The molecule has 1 aliphatic rings. The Balaban J connectivity index is 1.51. The van der Waals surface area contributed by atoms with E-state index >= 15 is 0 Å². The maximum atomic E-state index is 13.2. The van der Waals surface area contributed by atoms with Gasteiger partial charge >= 0.3 is 0 Å². The first-order valence-electron chi connectivity index (χ1n) is 9.85. The zero-order valence-corrected chi connectivity index (χ0v) is 16.9. The molecule has 0 bridgehead atoms. The summed E-state index contributed by atoms with van der Waals surface area (Å²) < 4.78 is 26.2. The van der Waals surface area contributed by atoms with Gasteiger partial charge in [0.25, 0.3) is 5.91 Å². The summed E-state index contributed by atoms with van der Waals surface area (Å²) in [5.41, 5.74) is 2.18. The van der Waals surface area contributed by atoms with Gasteiger partial charge in [-0.1, -0.05) is 6.07 Å². The third-order valence-electron chi connectivity index (χ3n) is 4.88. The van der Waals surface area contributed by atoms with Crippen LogP contribution < -0.4 is 10.1 Å². The van der Waals surface area contributed by atoms with E-state index in [2.05, 4.69) is 15.4 Å². The molecule has 0 radical (unpaired) electrons. The van der Waals surface area contributed by atoms with Gasteiger partial charge in [-0.05, 0) is 68.7 Å². The number of hydrogen-bond donors (Lipinski definition) is 1. The van der Waals surface area contributed by atoms with Crippen LogP contribution in [-0.2, 0) is 4.74 Å². The van der Waals surface area contributed by atoms with E-state index in [1.54, 1.807) is 25.1 Å². The fourth-order valence-corrected chi connectivity index (χ4v) is 3.30. The van der Waals surface area contributed by atoms with Gasteiger partial charge in [0.15, 0.2) is 0 Å². The molecule has 156 valence electrons. The minimum absolute atomic E-state index is 0.0162. The van der Waals surface area contributed by atoms with E-state index in [0.29, 0.717) is 29.6 Å². The normalized spacial score (nSPS) is 15.9. The summed E-state index contributed by atoms with van der Waals surface area (Å²) in [7, 11) is 0. The number of ether oxygens (including phenoxy) is 2. The number of nitrogens with one attached hydrogen (secondary N) is 1. The van der Waals surface area contributed by atoms with E-state index in [1.807, 2.05) is 19.1 Å². The second kappa shape index (κ2) is 8.62. The molecular weight excluding hydrogens is 387 g/mol. The van der Waals surface area contributed by atoms with E-state index in [-0.39, 0.29) is 17.7 Å². The Labute approximate surface area is 173 Å². The number of benzene rings is 2. The lowest BCUT2D eigenvalue weighted by Crippen LogP contribution is -2.19. The smallest absolute Gasteiger partial charge is 0.295 e. The van der Waals surface area contributed by atoms with Crippen molar-refractivity contribution >= 4 is 11.6 Å². The Hall–Kier alpha value is -3.26. The van der Waals surface area contributed by atoms with Crippen molar-refractivity contribution in [1.82, 2.24) is 14.8 Å². The van der Waals surface area contributed by atoms with Crippen LogP contribution in [0.4, 0.5) is 10.1 Å². The van der Waals surface area contributed by atoms with E-state index in [0.717, 1.165) is 25.0 Å². The third-order valence-corrected chi connectivity index (χ3v) is 4.88. The fraction of sp³-hybridized carbons (Fsp3) is 0.318. The van der Waals surface area contributed by atoms with Crippen molar-refractivity contribution < 1.29 is 18.7 Å². The minimum atomic E-state index is -0.454. The van der Waals surface area contributed by atoms with E-state index in [9.17, 15) is 9.18 Å². The molecule has 1 amide bonds. The Morgan fingerprint density at radius 3 is 2.80 bits per heavy atom. The summed E-state index contributed by atoms with van der Waals surface area (Å²) in [6.07, 6.45) is 2.08. The maximum Gasteiger partial charge on any atom is 0.295 e. The molecule has 1 fully saturated rings. The zero-order valence-electron chi connectivity index (χ0n) is 16.9. The van der Waals surface area contributed by atoms with Crippen LogP contribution in [0, 0.1) is 19.7 Å². The van der Waals surface area contributed by atoms with Crippen LogP contribution in [0.15, 0.2) is 42.5 Å². The molecule has 0 aliphatic carbocycles. The van der Waals surface area contributed by atoms with Crippen molar-refractivity contribution in [1.29, 1.82) is 0 Å². The zero-order chi connectivity index (χ0) is 21.1. The van der Waals surface area contributed by atoms with Crippen molar-refractivity contribution in [3.8, 4) is 11.4 Å². The summed E-state index contributed by atoms with van der Waals surface area (Å²) in [4.78, 5) is 17.0. The van der Waals surface area contributed by atoms with Crippen LogP contribution >= 0.6 is 0 Å². The highest BCUT2D eigenvalue weighted by Gasteiger charge is 2.19. The van der Waals surface area contributed by atoms with Gasteiger partial charge in [0.2, 0.25) is 5.82 Å². The van der Waals surface area contributed by atoms with Crippen LogP contribution in [0.5, 0.6) is 5.75 Å². The molecule has 1 atom stereocenters. The van der Waals surface area contributed by atoms with E-state index < -0.39 is 5.91 Å². The van der Waals surface area contributed by atoms with Crippen LogP contribution in [0.2, 0.25) is 0 Å². The van der Waals surface area contributed by atoms with Gasteiger partial charge in [0.05, 0.1) is 17.5 Å². The molecule has 0 saturated carbocycles. The van der Waals surface area contributed by atoms with Gasteiger partial charge in [-0.2, -0.15) is 0 Å². The van der Waals surface area contributed by atoms with E-state index in [1.165, 1.54) is 16.8 Å². The van der Waals surface area contributed by atoms with Gasteiger partial charge in [-0.3, -0.25) is 4.79 Å². The molecular formula is C22H23FN4O3. The average Bonchev–Trinajstić information content (AvgIpc) is 3.38. The number of rotatable bonds is 6. The number of nitrogens with zero attached hydrogens (tertiary/aromatic N) is 3. The fourth-order valence-electron chi connectivity index (χ4n) is 3.30. The maximum absolute atomic E-state index is 13.2.